The predicted octanol–water partition coefficient (Wildman–Crippen LogP) is 3.38. The minimum atomic E-state index is -4.83. The van der Waals surface area contributed by atoms with Gasteiger partial charge in [0.1, 0.15) is 0 Å². The summed E-state index contributed by atoms with van der Waals surface area (Å²) in [5.74, 6) is -0.561. The van der Waals surface area contributed by atoms with Gasteiger partial charge in [-0.15, -0.1) is 37.1 Å². The lowest BCUT2D eigenvalue weighted by atomic mass is 10.2. The average molecular weight is 544 g/mol. The fourth-order valence-electron chi connectivity index (χ4n) is 2.12. The monoisotopic (exact) mass is 544 g/mol. The summed E-state index contributed by atoms with van der Waals surface area (Å²) in [7, 11) is -0.669. The van der Waals surface area contributed by atoms with Gasteiger partial charge in [-0.2, -0.15) is 0 Å². The molecule has 29 heavy (non-hydrogen) atoms. The number of alkyl halides is 3. The van der Waals surface area contributed by atoms with E-state index in [0.717, 1.165) is 10.4 Å². The summed E-state index contributed by atoms with van der Waals surface area (Å²) in [6.07, 6.45) is -4.83. The largest absolute Gasteiger partial charge is 0.573 e. The van der Waals surface area contributed by atoms with Crippen LogP contribution >= 0.6 is 24.0 Å². The topological polar surface area (TPSA) is 97.0 Å². The molecule has 3 N–H and O–H groups in total. The second kappa shape index (κ2) is 10.1. The molecule has 0 radical (unpaired) electrons. The number of anilines is 1. The van der Waals surface area contributed by atoms with Gasteiger partial charge in [0.2, 0.25) is 10.0 Å². The van der Waals surface area contributed by atoms with E-state index < -0.39 is 22.1 Å². The van der Waals surface area contributed by atoms with Crippen LogP contribution in [0.2, 0.25) is 0 Å². The molecule has 0 atom stereocenters. The van der Waals surface area contributed by atoms with Crippen molar-refractivity contribution in [2.24, 2.45) is 10.7 Å². The molecule has 12 heteroatoms. The Balaban J connectivity index is 0.00000420. The summed E-state index contributed by atoms with van der Waals surface area (Å²) < 4.78 is 66.4. The van der Waals surface area contributed by atoms with E-state index >= 15 is 0 Å². The number of hydrogen-bond acceptors (Lipinski definition) is 4. The summed E-state index contributed by atoms with van der Waals surface area (Å²) >= 11 is 0. The minimum absolute atomic E-state index is 0. The summed E-state index contributed by atoms with van der Waals surface area (Å²) in [5.41, 5.74) is 6.40. The number of ether oxygens (including phenoxy) is 1. The number of para-hydroxylation sites is 2. The van der Waals surface area contributed by atoms with E-state index in [1.54, 1.807) is 12.1 Å². The van der Waals surface area contributed by atoms with Gasteiger partial charge < -0.3 is 15.8 Å². The first-order valence-corrected chi connectivity index (χ1v) is 9.36. The number of rotatable bonds is 6. The van der Waals surface area contributed by atoms with Gasteiger partial charge in [0.25, 0.3) is 0 Å². The van der Waals surface area contributed by atoms with E-state index in [1.165, 1.54) is 44.4 Å². The van der Waals surface area contributed by atoms with Crippen LogP contribution in [0.4, 0.5) is 18.9 Å². The Labute approximate surface area is 183 Å². The van der Waals surface area contributed by atoms with Gasteiger partial charge >= 0.3 is 6.36 Å². The molecular weight excluding hydrogens is 524 g/mol. The first-order chi connectivity index (χ1) is 13.0. The Morgan fingerprint density at radius 2 is 1.72 bits per heavy atom. The van der Waals surface area contributed by atoms with Crippen molar-refractivity contribution in [3.05, 3.63) is 54.1 Å². The molecule has 160 valence electrons. The SMILES string of the molecule is CN(C)S(=O)(=O)c1ccc(CN=C(N)Nc2ccccc2OC(F)(F)F)cc1.I. The lowest BCUT2D eigenvalue weighted by Gasteiger charge is -2.14. The molecular formula is C17H20F3IN4O3S. The summed E-state index contributed by atoms with van der Waals surface area (Å²) in [5, 5.41) is 2.55. The van der Waals surface area contributed by atoms with Gasteiger partial charge in [-0.1, -0.05) is 24.3 Å². The summed E-state index contributed by atoms with van der Waals surface area (Å²) in [6.45, 7) is 0.101. The van der Waals surface area contributed by atoms with Crippen LogP contribution in [0, 0.1) is 0 Å². The molecule has 0 aliphatic heterocycles. The molecule has 2 aromatic carbocycles. The number of guanidine groups is 1. The molecule has 0 aromatic heterocycles. The molecule has 2 rings (SSSR count). The van der Waals surface area contributed by atoms with Crippen LogP contribution in [-0.4, -0.2) is 39.1 Å². The number of nitrogens with one attached hydrogen (secondary N) is 1. The van der Waals surface area contributed by atoms with Crippen molar-refractivity contribution in [3.8, 4) is 5.75 Å². The molecule has 0 saturated carbocycles. The number of aliphatic imine (C=N–C) groups is 1. The summed E-state index contributed by atoms with van der Waals surface area (Å²) in [4.78, 5) is 4.17. The van der Waals surface area contributed by atoms with Crippen molar-refractivity contribution in [1.29, 1.82) is 0 Å². The zero-order valence-corrected chi connectivity index (χ0v) is 18.6. The second-order valence-electron chi connectivity index (χ2n) is 5.80. The maximum Gasteiger partial charge on any atom is 0.573 e. The van der Waals surface area contributed by atoms with Crippen LogP contribution in [-0.2, 0) is 16.6 Å². The zero-order valence-electron chi connectivity index (χ0n) is 15.5. The van der Waals surface area contributed by atoms with Crippen LogP contribution in [0.5, 0.6) is 5.75 Å². The molecule has 0 amide bonds. The summed E-state index contributed by atoms with van der Waals surface area (Å²) in [6, 6.07) is 11.5. The van der Waals surface area contributed by atoms with Crippen molar-refractivity contribution in [1.82, 2.24) is 4.31 Å². The first kappa shape index (κ1) is 25.0. The highest BCUT2D eigenvalue weighted by Crippen LogP contribution is 2.29. The third-order valence-corrected chi connectivity index (χ3v) is 5.34. The smallest absolute Gasteiger partial charge is 0.404 e. The van der Waals surface area contributed by atoms with Crippen LogP contribution in [0.25, 0.3) is 0 Å². The zero-order chi connectivity index (χ0) is 20.9. The van der Waals surface area contributed by atoms with E-state index in [0.29, 0.717) is 5.56 Å². The average Bonchev–Trinajstić information content (AvgIpc) is 2.60. The van der Waals surface area contributed by atoms with Crippen LogP contribution in [0.15, 0.2) is 58.4 Å². The van der Waals surface area contributed by atoms with Crippen LogP contribution in [0.3, 0.4) is 0 Å². The van der Waals surface area contributed by atoms with E-state index in [9.17, 15) is 21.6 Å². The number of sulfonamides is 1. The van der Waals surface area contributed by atoms with Gasteiger partial charge in [-0.3, -0.25) is 0 Å². The molecule has 7 nitrogen and oxygen atoms in total. The molecule has 0 heterocycles. The highest BCUT2D eigenvalue weighted by atomic mass is 127. The van der Waals surface area contributed by atoms with Crippen molar-refractivity contribution < 1.29 is 26.3 Å². The Morgan fingerprint density at radius 3 is 2.28 bits per heavy atom. The molecule has 0 saturated heterocycles. The van der Waals surface area contributed by atoms with Crippen LogP contribution < -0.4 is 15.8 Å². The number of hydrogen-bond donors (Lipinski definition) is 2. The first-order valence-electron chi connectivity index (χ1n) is 7.92. The van der Waals surface area contributed by atoms with E-state index in [1.807, 2.05) is 0 Å². The number of nitrogens with two attached hydrogens (primary N) is 1. The van der Waals surface area contributed by atoms with Gasteiger partial charge in [0, 0.05) is 14.1 Å². The van der Waals surface area contributed by atoms with Crippen molar-refractivity contribution in [2.75, 3.05) is 19.4 Å². The lowest BCUT2D eigenvalue weighted by Crippen LogP contribution is -2.24. The fraction of sp³-hybridized carbons (Fsp3) is 0.235. The van der Waals surface area contributed by atoms with E-state index in [-0.39, 0.29) is 47.1 Å². The number of nitrogens with zero attached hydrogens (tertiary/aromatic N) is 2. The predicted molar refractivity (Wildman–Crippen MR) is 115 cm³/mol. The highest BCUT2D eigenvalue weighted by molar-refractivity contribution is 14.0. The molecule has 0 aliphatic rings. The standard InChI is InChI=1S/C17H19F3N4O3S.HI/c1-24(2)28(25,26)13-9-7-12(8-10-13)11-22-16(21)23-14-5-3-4-6-15(14)27-17(18,19)20;/h3-10H,11H2,1-2H3,(H3,21,22,23);1H. The number of benzene rings is 2. The quantitative estimate of drug-likeness (QED) is 0.330. The third-order valence-electron chi connectivity index (χ3n) is 3.51. The lowest BCUT2D eigenvalue weighted by molar-refractivity contribution is -0.274. The third kappa shape index (κ3) is 7.36. The maximum atomic E-state index is 12.4. The Morgan fingerprint density at radius 1 is 1.14 bits per heavy atom. The maximum absolute atomic E-state index is 12.4. The normalized spacial score (nSPS) is 12.4. The Kier molecular flexibility index (Phi) is 8.71. The molecule has 0 aliphatic carbocycles. The Bertz CT molecular complexity index is 949. The van der Waals surface area contributed by atoms with Gasteiger partial charge in [-0.05, 0) is 29.8 Å². The minimum Gasteiger partial charge on any atom is -0.404 e. The van der Waals surface area contributed by atoms with E-state index in [2.05, 4.69) is 15.0 Å². The molecule has 0 fully saturated rings. The Hall–Kier alpha value is -2.06. The van der Waals surface area contributed by atoms with Crippen LogP contribution in [0.1, 0.15) is 5.56 Å². The van der Waals surface area contributed by atoms with Crippen molar-refractivity contribution in [2.45, 2.75) is 17.8 Å². The molecule has 0 bridgehead atoms. The molecule has 2 aromatic rings. The van der Waals surface area contributed by atoms with Crippen molar-refractivity contribution in [3.63, 3.8) is 0 Å². The van der Waals surface area contributed by atoms with Gasteiger partial charge in [0.05, 0.1) is 17.1 Å². The van der Waals surface area contributed by atoms with E-state index in [4.69, 9.17) is 5.73 Å². The van der Waals surface area contributed by atoms with Gasteiger partial charge in [0.15, 0.2) is 11.7 Å². The molecule has 0 spiro atoms. The van der Waals surface area contributed by atoms with Crippen molar-refractivity contribution >= 4 is 45.6 Å². The highest BCUT2D eigenvalue weighted by Gasteiger charge is 2.32. The fourth-order valence-corrected chi connectivity index (χ4v) is 3.02. The van der Waals surface area contributed by atoms with Gasteiger partial charge in [-0.25, -0.2) is 17.7 Å². The molecule has 0 unspecified atom stereocenters. The number of halogens is 4. The second-order valence-corrected chi connectivity index (χ2v) is 7.95.